The van der Waals surface area contributed by atoms with Crippen LogP contribution in [0.25, 0.3) is 5.65 Å². The molecule has 0 bridgehead atoms. The molecule has 3 N–H and O–H groups in total. The lowest BCUT2D eigenvalue weighted by Crippen LogP contribution is -2.47. The third-order valence-corrected chi connectivity index (χ3v) is 6.32. The van der Waals surface area contributed by atoms with Crippen molar-refractivity contribution >= 4 is 29.0 Å². The van der Waals surface area contributed by atoms with Crippen LogP contribution in [0.1, 0.15) is 29.8 Å². The molecule has 0 unspecified atom stereocenters. The van der Waals surface area contributed by atoms with Gasteiger partial charge in [0.05, 0.1) is 17.6 Å². The molecular weight excluding hydrogens is 450 g/mol. The third kappa shape index (κ3) is 4.85. The largest absolute Gasteiger partial charge is 0.487 e. The number of nitrogens with zero attached hydrogens (tertiary/aromatic N) is 5. The molecule has 0 aliphatic carbocycles. The summed E-state index contributed by atoms with van der Waals surface area (Å²) in [6.45, 7) is 8.09. The maximum atomic E-state index is 13.3. The summed E-state index contributed by atoms with van der Waals surface area (Å²) in [7, 11) is 0. The lowest BCUT2D eigenvalue weighted by molar-refractivity contribution is 0.102. The fourth-order valence-electron chi connectivity index (χ4n) is 4.67. The summed E-state index contributed by atoms with van der Waals surface area (Å²) >= 11 is 0. The molecule has 1 aromatic carbocycles. The van der Waals surface area contributed by atoms with Gasteiger partial charge in [-0.15, -0.1) is 0 Å². The highest BCUT2D eigenvalue weighted by Gasteiger charge is 2.32. The number of benzene rings is 1. The molecule has 2 amide bonds. The number of nitrogens with one attached hydrogen (secondary N) is 1. The summed E-state index contributed by atoms with van der Waals surface area (Å²) in [5.41, 5.74) is 8.37. The zero-order valence-corrected chi connectivity index (χ0v) is 19.9. The number of aromatic nitrogens is 3. The number of anilines is 2. The van der Waals surface area contributed by atoms with Crippen molar-refractivity contribution in [1.82, 2.24) is 19.5 Å². The minimum Gasteiger partial charge on any atom is -0.487 e. The predicted molar refractivity (Wildman–Crippen MR) is 130 cm³/mol. The minimum absolute atomic E-state index is 0.264. The maximum absolute atomic E-state index is 13.3. The van der Waals surface area contributed by atoms with Crippen molar-refractivity contribution in [2.24, 2.45) is 5.73 Å². The molecule has 11 nitrogen and oxygen atoms in total. The molecule has 11 heteroatoms. The van der Waals surface area contributed by atoms with Crippen LogP contribution in [-0.2, 0) is 11.2 Å². The molecule has 2 aliphatic heterocycles. The second kappa shape index (κ2) is 9.06. The number of carbonyl (C=O) groups excluding carboxylic acids is 2. The van der Waals surface area contributed by atoms with Crippen LogP contribution in [0.3, 0.4) is 0 Å². The Morgan fingerprint density at radius 2 is 2.03 bits per heavy atom. The molecule has 2 aromatic heterocycles. The molecule has 0 atom stereocenters. The van der Waals surface area contributed by atoms with E-state index in [9.17, 15) is 9.59 Å². The molecule has 1 saturated heterocycles. The zero-order valence-electron chi connectivity index (χ0n) is 19.9. The molecule has 2 aliphatic rings. The van der Waals surface area contributed by atoms with Crippen LogP contribution in [0.15, 0.2) is 36.8 Å². The fourth-order valence-corrected chi connectivity index (χ4v) is 4.67. The van der Waals surface area contributed by atoms with E-state index in [2.05, 4.69) is 39.0 Å². The summed E-state index contributed by atoms with van der Waals surface area (Å²) in [5, 5.41) is 7.34. The van der Waals surface area contributed by atoms with Gasteiger partial charge < -0.3 is 25.4 Å². The van der Waals surface area contributed by atoms with Crippen LogP contribution in [-0.4, -0.2) is 76.4 Å². The van der Waals surface area contributed by atoms with Crippen molar-refractivity contribution in [3.63, 3.8) is 0 Å². The van der Waals surface area contributed by atoms with Gasteiger partial charge in [0.1, 0.15) is 23.5 Å². The Balaban J connectivity index is 1.38. The second-order valence-electron chi connectivity index (χ2n) is 9.41. The van der Waals surface area contributed by atoms with Gasteiger partial charge in [-0.1, -0.05) is 0 Å². The zero-order chi connectivity index (χ0) is 24.6. The Morgan fingerprint density at radius 3 is 2.80 bits per heavy atom. The van der Waals surface area contributed by atoms with Gasteiger partial charge in [-0.3, -0.25) is 9.69 Å². The smallest absolute Gasteiger partial charge is 0.404 e. The van der Waals surface area contributed by atoms with E-state index in [4.69, 9.17) is 15.2 Å². The lowest BCUT2D eigenvalue weighted by Gasteiger charge is -2.37. The van der Waals surface area contributed by atoms with E-state index in [-0.39, 0.29) is 18.1 Å². The molecule has 0 spiro atoms. The van der Waals surface area contributed by atoms with E-state index in [1.165, 1.54) is 6.20 Å². The first-order valence-electron chi connectivity index (χ1n) is 11.6. The average molecular weight is 480 g/mol. The van der Waals surface area contributed by atoms with Gasteiger partial charge in [0.2, 0.25) is 0 Å². The average Bonchev–Trinajstić information content (AvgIpc) is 3.38. The van der Waals surface area contributed by atoms with Crippen LogP contribution in [0.4, 0.5) is 16.2 Å². The van der Waals surface area contributed by atoms with Crippen LogP contribution in [0.2, 0.25) is 0 Å². The topological polar surface area (TPSA) is 127 Å². The Kier molecular flexibility index (Phi) is 5.93. The second-order valence-corrected chi connectivity index (χ2v) is 9.41. The van der Waals surface area contributed by atoms with Gasteiger partial charge in [-0.25, -0.2) is 14.3 Å². The van der Waals surface area contributed by atoms with Gasteiger partial charge in [-0.2, -0.15) is 5.10 Å². The van der Waals surface area contributed by atoms with Crippen molar-refractivity contribution in [1.29, 1.82) is 0 Å². The molecule has 184 valence electrons. The van der Waals surface area contributed by atoms with Crippen molar-refractivity contribution < 1.29 is 19.1 Å². The first-order chi connectivity index (χ1) is 16.8. The highest BCUT2D eigenvalue weighted by molar-refractivity contribution is 6.09. The number of hydrogen-bond donors (Lipinski definition) is 2. The van der Waals surface area contributed by atoms with Crippen LogP contribution >= 0.6 is 0 Å². The number of ether oxygens (including phenoxy) is 2. The van der Waals surface area contributed by atoms with Gasteiger partial charge in [-0.05, 0) is 26.0 Å². The summed E-state index contributed by atoms with van der Waals surface area (Å²) in [6, 6.07) is 5.81. The van der Waals surface area contributed by atoms with Gasteiger partial charge >= 0.3 is 6.09 Å². The number of rotatable bonds is 6. The fraction of sp³-hybridized carbons (Fsp3) is 0.417. The van der Waals surface area contributed by atoms with E-state index in [0.717, 1.165) is 55.3 Å². The van der Waals surface area contributed by atoms with Crippen LogP contribution in [0.5, 0.6) is 5.75 Å². The first kappa shape index (κ1) is 22.9. The predicted octanol–water partition coefficient (Wildman–Crippen LogP) is 1.91. The minimum atomic E-state index is -0.758. The van der Waals surface area contributed by atoms with E-state index >= 15 is 0 Å². The number of piperazine rings is 1. The summed E-state index contributed by atoms with van der Waals surface area (Å²) in [6.07, 6.45) is 4.93. The van der Waals surface area contributed by atoms with Gasteiger partial charge in [0, 0.05) is 63.2 Å². The number of nitrogens with two attached hydrogens (primary N) is 1. The highest BCUT2D eigenvalue weighted by Crippen LogP contribution is 2.42. The number of fused-ring (bicyclic) bond motifs is 2. The Labute approximate surface area is 202 Å². The Bertz CT molecular complexity index is 1260. The number of primary amides is 1. The molecule has 4 heterocycles. The molecule has 0 saturated carbocycles. The molecule has 1 fully saturated rings. The quantitative estimate of drug-likeness (QED) is 0.549. The lowest BCUT2D eigenvalue weighted by atomic mass is 10.0. The van der Waals surface area contributed by atoms with E-state index in [1.807, 2.05) is 12.1 Å². The normalized spacial score (nSPS) is 17.1. The van der Waals surface area contributed by atoms with Gasteiger partial charge in [0.25, 0.3) is 5.91 Å². The van der Waals surface area contributed by atoms with Crippen molar-refractivity contribution in [3.05, 3.63) is 47.9 Å². The maximum Gasteiger partial charge on any atom is 0.404 e. The monoisotopic (exact) mass is 479 g/mol. The Hall–Kier alpha value is -3.86. The Morgan fingerprint density at radius 1 is 1.23 bits per heavy atom. The molecule has 0 radical (unpaired) electrons. The highest BCUT2D eigenvalue weighted by atomic mass is 16.5. The number of amides is 2. The van der Waals surface area contributed by atoms with E-state index in [1.54, 1.807) is 23.0 Å². The summed E-state index contributed by atoms with van der Waals surface area (Å²) in [4.78, 5) is 32.8. The third-order valence-electron chi connectivity index (χ3n) is 6.32. The van der Waals surface area contributed by atoms with Crippen LogP contribution < -0.4 is 20.7 Å². The molecular formula is C24H29N7O4. The van der Waals surface area contributed by atoms with E-state index < -0.39 is 6.09 Å². The van der Waals surface area contributed by atoms with Crippen molar-refractivity contribution in [2.75, 3.05) is 49.5 Å². The van der Waals surface area contributed by atoms with E-state index in [0.29, 0.717) is 17.8 Å². The number of hydrogen-bond acceptors (Lipinski definition) is 8. The first-order valence-corrected chi connectivity index (χ1v) is 11.6. The SMILES string of the molecule is CC1(C)Cc2cc(NC(=O)c3cnn4cccnc34)c(N3CCN(CCOC(N)=O)CC3)cc2O1. The van der Waals surface area contributed by atoms with Gasteiger partial charge in [0.15, 0.2) is 5.65 Å². The standard InChI is InChI=1S/C24H29N7O4/c1-24(2)14-16-12-18(28-22(32)17-15-27-31-5-3-4-26-21(17)31)19(13-20(16)35-24)30-8-6-29(7-9-30)10-11-34-23(25)33/h3-5,12-13,15H,6-11,14H2,1-2H3,(H2,25,33)(H,28,32). The molecule has 35 heavy (non-hydrogen) atoms. The molecule has 3 aromatic rings. The van der Waals surface area contributed by atoms with Crippen molar-refractivity contribution in [2.45, 2.75) is 25.9 Å². The summed E-state index contributed by atoms with van der Waals surface area (Å²) < 4.78 is 12.6. The van der Waals surface area contributed by atoms with Crippen LogP contribution in [0, 0.1) is 0 Å². The number of carbonyl (C=O) groups is 2. The summed E-state index contributed by atoms with van der Waals surface area (Å²) in [5.74, 6) is 0.582. The molecule has 5 rings (SSSR count). The van der Waals surface area contributed by atoms with Crippen molar-refractivity contribution in [3.8, 4) is 5.75 Å².